The Bertz CT molecular complexity index is 822. The summed E-state index contributed by atoms with van der Waals surface area (Å²) in [5.74, 6) is 0.00513. The van der Waals surface area contributed by atoms with E-state index in [-0.39, 0.29) is 11.7 Å². The highest BCUT2D eigenvalue weighted by molar-refractivity contribution is 7.88. The third-order valence-electron chi connectivity index (χ3n) is 3.68. The second-order valence-electron chi connectivity index (χ2n) is 5.25. The highest BCUT2D eigenvalue weighted by atomic mass is 35.5. The van der Waals surface area contributed by atoms with Crippen molar-refractivity contribution in [3.05, 3.63) is 35.0 Å². The second-order valence-corrected chi connectivity index (χ2v) is 7.67. The lowest BCUT2D eigenvalue weighted by atomic mass is 10.2. The van der Waals surface area contributed by atoms with E-state index in [0.717, 1.165) is 5.39 Å². The molecule has 2 aromatic rings. The first-order valence-electron chi connectivity index (χ1n) is 6.78. The van der Waals surface area contributed by atoms with E-state index in [1.165, 1.54) is 10.6 Å². The molecule has 1 fully saturated rings. The number of piperazine rings is 1. The smallest absolute Gasteiger partial charge is 0.289 e. The van der Waals surface area contributed by atoms with E-state index in [1.807, 2.05) is 0 Å². The molecule has 0 unspecified atom stereocenters. The molecule has 1 saturated heterocycles. The Morgan fingerprint density at radius 1 is 1.18 bits per heavy atom. The molecule has 0 aliphatic carbocycles. The van der Waals surface area contributed by atoms with Gasteiger partial charge in [-0.1, -0.05) is 11.6 Å². The zero-order valence-electron chi connectivity index (χ0n) is 12.0. The molecule has 1 aromatic heterocycles. The van der Waals surface area contributed by atoms with Crippen LogP contribution >= 0.6 is 11.6 Å². The normalized spacial score (nSPS) is 17.1. The molecule has 2 heterocycles. The lowest BCUT2D eigenvalue weighted by molar-refractivity contribution is 0.0668. The van der Waals surface area contributed by atoms with Crippen molar-refractivity contribution in [3.8, 4) is 0 Å². The van der Waals surface area contributed by atoms with Crippen LogP contribution in [0.1, 0.15) is 10.6 Å². The van der Waals surface area contributed by atoms with E-state index in [0.29, 0.717) is 36.8 Å². The first-order valence-corrected chi connectivity index (χ1v) is 9.01. The van der Waals surface area contributed by atoms with E-state index >= 15 is 0 Å². The van der Waals surface area contributed by atoms with Crippen LogP contribution in [0.3, 0.4) is 0 Å². The number of sulfonamides is 1. The number of fused-ring (bicyclic) bond motifs is 1. The number of hydrogen-bond acceptors (Lipinski definition) is 4. The number of carbonyl (C=O) groups excluding carboxylic acids is 1. The van der Waals surface area contributed by atoms with Gasteiger partial charge in [0.2, 0.25) is 10.0 Å². The first-order chi connectivity index (χ1) is 10.3. The predicted octanol–water partition coefficient (Wildman–Crippen LogP) is 1.80. The van der Waals surface area contributed by atoms with Gasteiger partial charge in [-0.3, -0.25) is 4.79 Å². The summed E-state index contributed by atoms with van der Waals surface area (Å²) in [6.07, 6.45) is 1.17. The number of furan rings is 1. The third-order valence-corrected chi connectivity index (χ3v) is 5.22. The molecule has 0 radical (unpaired) electrons. The molecule has 22 heavy (non-hydrogen) atoms. The lowest BCUT2D eigenvalue weighted by Gasteiger charge is -2.32. The third kappa shape index (κ3) is 2.97. The molecule has 0 N–H and O–H groups in total. The molecular formula is C14H15ClN2O4S. The van der Waals surface area contributed by atoms with Crippen molar-refractivity contribution in [2.75, 3.05) is 32.4 Å². The maximum absolute atomic E-state index is 12.4. The van der Waals surface area contributed by atoms with Gasteiger partial charge in [-0.05, 0) is 24.3 Å². The van der Waals surface area contributed by atoms with Crippen LogP contribution in [0.4, 0.5) is 0 Å². The summed E-state index contributed by atoms with van der Waals surface area (Å²) in [5, 5.41) is 1.35. The van der Waals surface area contributed by atoms with Crippen LogP contribution in [0.25, 0.3) is 11.0 Å². The standard InChI is InChI=1S/C14H15ClN2O4S/c1-22(19,20)17-6-4-16(5-7-17)14(18)13-9-10-8-11(15)2-3-12(10)21-13/h2-3,8-9H,4-7H2,1H3. The Morgan fingerprint density at radius 3 is 2.50 bits per heavy atom. The van der Waals surface area contributed by atoms with Crippen LogP contribution in [0.15, 0.2) is 28.7 Å². The number of rotatable bonds is 2. The number of hydrogen-bond donors (Lipinski definition) is 0. The van der Waals surface area contributed by atoms with Crippen LogP contribution < -0.4 is 0 Å². The van der Waals surface area contributed by atoms with Gasteiger partial charge in [0.1, 0.15) is 5.58 Å². The molecule has 118 valence electrons. The molecule has 1 amide bonds. The van der Waals surface area contributed by atoms with Crippen LogP contribution in [-0.4, -0.2) is 56.0 Å². The van der Waals surface area contributed by atoms with Crippen molar-refractivity contribution < 1.29 is 17.6 Å². The maximum atomic E-state index is 12.4. The minimum atomic E-state index is -3.21. The zero-order valence-corrected chi connectivity index (χ0v) is 13.5. The van der Waals surface area contributed by atoms with Gasteiger partial charge in [0.15, 0.2) is 5.76 Å². The quantitative estimate of drug-likeness (QED) is 0.834. The van der Waals surface area contributed by atoms with E-state index < -0.39 is 10.0 Å². The minimum absolute atomic E-state index is 0.236. The molecule has 1 aromatic carbocycles. The van der Waals surface area contributed by atoms with Crippen molar-refractivity contribution in [1.29, 1.82) is 0 Å². The van der Waals surface area contributed by atoms with Crippen LogP contribution in [0, 0.1) is 0 Å². The SMILES string of the molecule is CS(=O)(=O)N1CCN(C(=O)c2cc3cc(Cl)ccc3o2)CC1. The highest BCUT2D eigenvalue weighted by Crippen LogP contribution is 2.24. The van der Waals surface area contributed by atoms with Gasteiger partial charge in [-0.25, -0.2) is 8.42 Å². The van der Waals surface area contributed by atoms with Gasteiger partial charge >= 0.3 is 0 Å². The zero-order chi connectivity index (χ0) is 15.9. The summed E-state index contributed by atoms with van der Waals surface area (Å²) < 4.78 is 29.9. The fourth-order valence-electron chi connectivity index (χ4n) is 2.50. The van der Waals surface area contributed by atoms with E-state index in [9.17, 15) is 13.2 Å². The summed E-state index contributed by atoms with van der Waals surface area (Å²) in [6, 6.07) is 6.81. The molecule has 3 rings (SSSR count). The van der Waals surface area contributed by atoms with Gasteiger partial charge < -0.3 is 9.32 Å². The van der Waals surface area contributed by atoms with E-state index in [1.54, 1.807) is 29.2 Å². The summed E-state index contributed by atoms with van der Waals surface area (Å²) in [4.78, 5) is 14.0. The molecule has 1 aliphatic rings. The molecular weight excluding hydrogens is 328 g/mol. The van der Waals surface area contributed by atoms with Gasteiger partial charge in [-0.15, -0.1) is 0 Å². The molecule has 6 nitrogen and oxygen atoms in total. The van der Waals surface area contributed by atoms with Crippen LogP contribution in [-0.2, 0) is 10.0 Å². The number of carbonyl (C=O) groups is 1. The predicted molar refractivity (Wildman–Crippen MR) is 83.5 cm³/mol. The summed E-state index contributed by atoms with van der Waals surface area (Å²) in [5.41, 5.74) is 0.600. The molecule has 0 atom stereocenters. The molecule has 1 aliphatic heterocycles. The fraction of sp³-hybridized carbons (Fsp3) is 0.357. The average molecular weight is 343 g/mol. The molecule has 0 saturated carbocycles. The van der Waals surface area contributed by atoms with E-state index in [2.05, 4.69) is 0 Å². The monoisotopic (exact) mass is 342 g/mol. The lowest BCUT2D eigenvalue weighted by Crippen LogP contribution is -2.50. The highest BCUT2D eigenvalue weighted by Gasteiger charge is 2.28. The number of nitrogens with zero attached hydrogens (tertiary/aromatic N) is 2. The number of amides is 1. The molecule has 0 bridgehead atoms. The van der Waals surface area contributed by atoms with Crippen molar-refractivity contribution in [1.82, 2.24) is 9.21 Å². The Balaban J connectivity index is 1.76. The molecule has 8 heteroatoms. The van der Waals surface area contributed by atoms with Gasteiger partial charge in [0, 0.05) is 36.6 Å². The topological polar surface area (TPSA) is 70.8 Å². The first kappa shape index (κ1) is 15.3. The second kappa shape index (κ2) is 5.57. The minimum Gasteiger partial charge on any atom is -0.451 e. The van der Waals surface area contributed by atoms with Crippen LogP contribution in [0.2, 0.25) is 5.02 Å². The van der Waals surface area contributed by atoms with Gasteiger partial charge in [0.05, 0.1) is 6.26 Å². The average Bonchev–Trinajstić information content (AvgIpc) is 2.88. The summed E-state index contributed by atoms with van der Waals surface area (Å²) in [6.45, 7) is 1.31. The number of halogens is 1. The van der Waals surface area contributed by atoms with Crippen molar-refractivity contribution >= 4 is 38.5 Å². The van der Waals surface area contributed by atoms with Crippen molar-refractivity contribution in [3.63, 3.8) is 0 Å². The number of benzene rings is 1. The summed E-state index contributed by atoms with van der Waals surface area (Å²) in [7, 11) is -3.21. The Morgan fingerprint density at radius 2 is 1.86 bits per heavy atom. The largest absolute Gasteiger partial charge is 0.451 e. The van der Waals surface area contributed by atoms with Crippen LogP contribution in [0.5, 0.6) is 0 Å². The fourth-order valence-corrected chi connectivity index (χ4v) is 3.51. The Labute approximate surface area is 133 Å². The van der Waals surface area contributed by atoms with Gasteiger partial charge in [0.25, 0.3) is 5.91 Å². The van der Waals surface area contributed by atoms with E-state index in [4.69, 9.17) is 16.0 Å². The Kier molecular flexibility index (Phi) is 3.88. The maximum Gasteiger partial charge on any atom is 0.289 e. The van der Waals surface area contributed by atoms with Gasteiger partial charge in [-0.2, -0.15) is 4.31 Å². The Hall–Kier alpha value is -1.57. The molecule has 0 spiro atoms. The summed E-state index contributed by atoms with van der Waals surface area (Å²) >= 11 is 5.92. The van der Waals surface area contributed by atoms with Crippen molar-refractivity contribution in [2.24, 2.45) is 0 Å². The van der Waals surface area contributed by atoms with Crippen molar-refractivity contribution in [2.45, 2.75) is 0 Å².